The van der Waals surface area contributed by atoms with Gasteiger partial charge < -0.3 is 10.4 Å². The summed E-state index contributed by atoms with van der Waals surface area (Å²) >= 11 is 12.1. The van der Waals surface area contributed by atoms with Gasteiger partial charge in [0.05, 0.1) is 36.5 Å². The number of hydrogen-bond acceptors (Lipinski definition) is 4. The van der Waals surface area contributed by atoms with E-state index in [9.17, 15) is 14.7 Å². The van der Waals surface area contributed by atoms with Crippen LogP contribution < -0.4 is 5.32 Å². The lowest BCUT2D eigenvalue weighted by Crippen LogP contribution is -2.30. The molecule has 4 rings (SSSR count). The Morgan fingerprint density at radius 1 is 1.12 bits per heavy atom. The Kier molecular flexibility index (Phi) is 6.77. The number of carbonyl (C=O) groups is 2. The summed E-state index contributed by atoms with van der Waals surface area (Å²) in [5, 5.41) is 17.0. The predicted molar refractivity (Wildman–Crippen MR) is 121 cm³/mol. The minimum absolute atomic E-state index is 0.310. The normalized spacial score (nSPS) is 13.9. The van der Waals surface area contributed by atoms with E-state index in [2.05, 4.69) is 16.5 Å². The van der Waals surface area contributed by atoms with Crippen LogP contribution in [-0.4, -0.2) is 31.7 Å². The standard InChI is InChI=1S/C23H22Cl2N4O3/c24-17-7-15(8-18(25)9-17)21(10-22(30)31)28-23(32)16-11-26-29(12-16)13-19-6-5-14-3-1-2-4-20(14)27-19/h5-9,11-12,21H,1-4,10,13H2,(H,28,32)(H,30,31)/t21-/m0/s1. The molecule has 1 atom stereocenters. The van der Waals surface area contributed by atoms with Gasteiger partial charge in [-0.3, -0.25) is 19.3 Å². The highest BCUT2D eigenvalue weighted by molar-refractivity contribution is 6.34. The number of aliphatic carboxylic acids is 1. The van der Waals surface area contributed by atoms with Crippen LogP contribution in [0.3, 0.4) is 0 Å². The van der Waals surface area contributed by atoms with E-state index in [1.165, 1.54) is 18.2 Å². The Morgan fingerprint density at radius 2 is 1.88 bits per heavy atom. The number of carbonyl (C=O) groups excluding carboxylic acids is 1. The lowest BCUT2D eigenvalue weighted by molar-refractivity contribution is -0.137. The summed E-state index contributed by atoms with van der Waals surface area (Å²) in [7, 11) is 0. The number of fused-ring (bicyclic) bond motifs is 1. The second-order valence-electron chi connectivity index (χ2n) is 7.87. The molecule has 2 aromatic heterocycles. The van der Waals surface area contributed by atoms with Crippen molar-refractivity contribution in [1.82, 2.24) is 20.1 Å². The SMILES string of the molecule is O=C(O)C[C@H](NC(=O)c1cnn(Cc2ccc3c(n2)CCCC3)c1)c1cc(Cl)cc(Cl)c1. The molecule has 0 spiro atoms. The van der Waals surface area contributed by atoms with Gasteiger partial charge in [-0.1, -0.05) is 29.3 Å². The molecule has 2 heterocycles. The Labute approximate surface area is 195 Å². The van der Waals surface area contributed by atoms with Crippen molar-refractivity contribution >= 4 is 35.1 Å². The average molecular weight is 473 g/mol. The Morgan fingerprint density at radius 3 is 2.62 bits per heavy atom. The number of aryl methyl sites for hydroxylation is 2. The zero-order valence-corrected chi connectivity index (χ0v) is 18.7. The molecule has 7 nitrogen and oxygen atoms in total. The van der Waals surface area contributed by atoms with Crippen molar-refractivity contribution in [2.75, 3.05) is 0 Å². The lowest BCUT2D eigenvalue weighted by atomic mass is 9.96. The molecule has 32 heavy (non-hydrogen) atoms. The van der Waals surface area contributed by atoms with Gasteiger partial charge >= 0.3 is 5.97 Å². The third-order valence-electron chi connectivity index (χ3n) is 5.43. The van der Waals surface area contributed by atoms with Crippen LogP contribution in [0, 0.1) is 0 Å². The van der Waals surface area contributed by atoms with Gasteiger partial charge in [0.2, 0.25) is 0 Å². The van der Waals surface area contributed by atoms with Crippen molar-refractivity contribution in [3.05, 3.63) is 80.8 Å². The second kappa shape index (κ2) is 9.71. The molecule has 0 saturated carbocycles. The minimum atomic E-state index is -1.06. The summed E-state index contributed by atoms with van der Waals surface area (Å²) in [6, 6.07) is 8.06. The number of carboxylic acids is 1. The zero-order chi connectivity index (χ0) is 22.7. The molecule has 1 aliphatic carbocycles. The van der Waals surface area contributed by atoms with Crippen molar-refractivity contribution in [1.29, 1.82) is 0 Å². The first-order valence-corrected chi connectivity index (χ1v) is 11.1. The Bertz CT molecular complexity index is 1140. The number of pyridine rings is 1. The van der Waals surface area contributed by atoms with Gasteiger partial charge in [0.1, 0.15) is 0 Å². The highest BCUT2D eigenvalue weighted by Crippen LogP contribution is 2.26. The monoisotopic (exact) mass is 472 g/mol. The number of rotatable bonds is 7. The molecule has 0 saturated heterocycles. The number of nitrogens with one attached hydrogen (secondary N) is 1. The molecular weight excluding hydrogens is 451 g/mol. The number of hydrogen-bond donors (Lipinski definition) is 2. The summed E-state index contributed by atoms with van der Waals surface area (Å²) in [5.41, 5.74) is 4.19. The van der Waals surface area contributed by atoms with E-state index in [0.717, 1.165) is 30.7 Å². The average Bonchev–Trinajstić information content (AvgIpc) is 3.21. The van der Waals surface area contributed by atoms with Crippen LogP contribution in [0.1, 0.15) is 58.2 Å². The van der Waals surface area contributed by atoms with Crippen LogP contribution in [-0.2, 0) is 24.2 Å². The number of aromatic nitrogens is 3. The number of benzene rings is 1. The summed E-state index contributed by atoms with van der Waals surface area (Å²) < 4.78 is 1.65. The van der Waals surface area contributed by atoms with E-state index < -0.39 is 17.9 Å². The van der Waals surface area contributed by atoms with Crippen LogP contribution in [0.4, 0.5) is 0 Å². The topological polar surface area (TPSA) is 97.1 Å². The first kappa shape index (κ1) is 22.3. The molecule has 0 fully saturated rings. The zero-order valence-electron chi connectivity index (χ0n) is 17.2. The van der Waals surface area contributed by atoms with Gasteiger partial charge in [0, 0.05) is 21.9 Å². The Hall–Kier alpha value is -2.90. The second-order valence-corrected chi connectivity index (χ2v) is 8.74. The largest absolute Gasteiger partial charge is 0.481 e. The maximum atomic E-state index is 12.8. The van der Waals surface area contributed by atoms with E-state index in [1.54, 1.807) is 29.1 Å². The van der Waals surface area contributed by atoms with E-state index in [4.69, 9.17) is 28.2 Å². The molecule has 1 amide bonds. The van der Waals surface area contributed by atoms with Gasteiger partial charge in [-0.2, -0.15) is 5.10 Å². The number of carboxylic acid groups (broad SMARTS) is 1. The van der Waals surface area contributed by atoms with Crippen LogP contribution in [0.25, 0.3) is 0 Å². The first-order chi connectivity index (χ1) is 15.4. The van der Waals surface area contributed by atoms with E-state index in [-0.39, 0.29) is 6.42 Å². The Balaban J connectivity index is 1.47. The lowest BCUT2D eigenvalue weighted by Gasteiger charge is -2.17. The van der Waals surface area contributed by atoms with E-state index in [0.29, 0.717) is 27.7 Å². The third-order valence-corrected chi connectivity index (χ3v) is 5.86. The maximum absolute atomic E-state index is 12.8. The van der Waals surface area contributed by atoms with Crippen LogP contribution in [0.5, 0.6) is 0 Å². The van der Waals surface area contributed by atoms with Crippen molar-refractivity contribution in [2.24, 2.45) is 0 Å². The molecule has 166 valence electrons. The van der Waals surface area contributed by atoms with Crippen molar-refractivity contribution in [3.8, 4) is 0 Å². The number of amides is 1. The molecule has 0 radical (unpaired) electrons. The van der Waals surface area contributed by atoms with Crippen LogP contribution in [0.2, 0.25) is 10.0 Å². The molecule has 0 unspecified atom stereocenters. The molecule has 0 bridgehead atoms. The van der Waals surface area contributed by atoms with Gasteiger partial charge in [-0.25, -0.2) is 0 Å². The third kappa shape index (κ3) is 5.47. The fourth-order valence-electron chi connectivity index (χ4n) is 3.89. The fourth-order valence-corrected chi connectivity index (χ4v) is 4.44. The van der Waals surface area contributed by atoms with Gasteiger partial charge in [-0.05, 0) is 61.1 Å². The van der Waals surface area contributed by atoms with Crippen LogP contribution >= 0.6 is 23.2 Å². The summed E-state index contributed by atoms with van der Waals surface area (Å²) in [6.45, 7) is 0.447. The van der Waals surface area contributed by atoms with Crippen molar-refractivity contribution in [3.63, 3.8) is 0 Å². The molecule has 2 N–H and O–H groups in total. The minimum Gasteiger partial charge on any atom is -0.481 e. The van der Waals surface area contributed by atoms with E-state index in [1.807, 2.05) is 6.07 Å². The summed E-state index contributed by atoms with van der Waals surface area (Å²) in [5.74, 6) is -1.49. The number of halogens is 2. The molecule has 1 aromatic carbocycles. The molecule has 0 aliphatic heterocycles. The van der Waals surface area contributed by atoms with Crippen LogP contribution in [0.15, 0.2) is 42.7 Å². The van der Waals surface area contributed by atoms with Gasteiger partial charge in [0.25, 0.3) is 5.91 Å². The molecule has 3 aromatic rings. The highest BCUT2D eigenvalue weighted by Gasteiger charge is 2.21. The van der Waals surface area contributed by atoms with Crippen molar-refractivity contribution in [2.45, 2.75) is 44.7 Å². The maximum Gasteiger partial charge on any atom is 0.305 e. The quantitative estimate of drug-likeness (QED) is 0.528. The van der Waals surface area contributed by atoms with Gasteiger partial charge in [0.15, 0.2) is 0 Å². The smallest absolute Gasteiger partial charge is 0.305 e. The van der Waals surface area contributed by atoms with Crippen molar-refractivity contribution < 1.29 is 14.7 Å². The predicted octanol–water partition coefficient (Wildman–Crippen LogP) is 4.46. The molecular formula is C23H22Cl2N4O3. The highest BCUT2D eigenvalue weighted by atomic mass is 35.5. The first-order valence-electron chi connectivity index (χ1n) is 10.4. The molecule has 1 aliphatic rings. The van der Waals surface area contributed by atoms with Gasteiger partial charge in [-0.15, -0.1) is 0 Å². The fraction of sp³-hybridized carbons (Fsp3) is 0.304. The number of nitrogens with zero attached hydrogens (tertiary/aromatic N) is 3. The summed E-state index contributed by atoms with van der Waals surface area (Å²) in [4.78, 5) is 28.9. The van der Waals surface area contributed by atoms with E-state index >= 15 is 0 Å². The molecule has 9 heteroatoms. The summed E-state index contributed by atoms with van der Waals surface area (Å²) in [6.07, 6.45) is 7.20.